The van der Waals surface area contributed by atoms with E-state index in [1.807, 2.05) is 35.2 Å². The lowest BCUT2D eigenvalue weighted by Crippen LogP contribution is -2.48. The number of likely N-dealkylation sites (tertiary alicyclic amines) is 1. The summed E-state index contributed by atoms with van der Waals surface area (Å²) >= 11 is 0. The Morgan fingerprint density at radius 1 is 1.03 bits per heavy atom. The molecule has 0 aliphatic carbocycles. The lowest BCUT2D eigenvalue weighted by Gasteiger charge is -2.38. The number of fused-ring (bicyclic) bond motifs is 1. The molecule has 1 atom stereocenters. The quantitative estimate of drug-likeness (QED) is 0.615. The van der Waals surface area contributed by atoms with E-state index in [0.29, 0.717) is 43.5 Å². The molecule has 0 radical (unpaired) electrons. The van der Waals surface area contributed by atoms with Crippen LogP contribution < -0.4 is 5.63 Å². The van der Waals surface area contributed by atoms with Gasteiger partial charge in [0.15, 0.2) is 0 Å². The maximum atomic E-state index is 13.0. The minimum absolute atomic E-state index is 0.00170. The topological polar surface area (TPSA) is 100 Å². The first kappa shape index (κ1) is 21.1. The monoisotopic (exact) mass is 448 g/mol. The zero-order chi connectivity index (χ0) is 22.9. The molecule has 2 amide bonds. The van der Waals surface area contributed by atoms with Crippen molar-refractivity contribution >= 4 is 23.0 Å². The number of ether oxygens (including phenoxy) is 1. The van der Waals surface area contributed by atoms with Crippen molar-refractivity contribution in [1.82, 2.24) is 9.80 Å². The molecule has 8 heteroatoms. The van der Waals surface area contributed by atoms with E-state index in [1.54, 1.807) is 11.0 Å². The lowest BCUT2D eigenvalue weighted by molar-refractivity contribution is -0.131. The molecule has 1 N–H and O–H groups in total. The van der Waals surface area contributed by atoms with Crippen molar-refractivity contribution in [3.8, 4) is 5.75 Å². The molecule has 2 aliphatic heterocycles. The van der Waals surface area contributed by atoms with Gasteiger partial charge in [-0.3, -0.25) is 9.69 Å². The van der Waals surface area contributed by atoms with Gasteiger partial charge in [0.05, 0.1) is 12.5 Å². The van der Waals surface area contributed by atoms with E-state index < -0.39 is 5.63 Å². The zero-order valence-electron chi connectivity index (χ0n) is 18.0. The number of carbonyl (C=O) groups is 2. The Labute approximate surface area is 190 Å². The predicted octanol–water partition coefficient (Wildman–Crippen LogP) is 3.23. The molecule has 3 heterocycles. The standard InChI is InChI=1S/C25H24N2O6/c28-19-6-7-20-17(13-24(30)33-22(20)14-19)12-23(29)26-10-8-18(9-11-26)27-21(15-32-25(27)31)16-4-2-1-3-5-16/h1-7,13-14,18,21,28H,8-12,15H2/t21-/m0/s1. The van der Waals surface area contributed by atoms with Crippen LogP contribution in [-0.2, 0) is 16.0 Å². The Hall–Kier alpha value is -3.81. The van der Waals surface area contributed by atoms with Crippen LogP contribution >= 0.6 is 0 Å². The summed E-state index contributed by atoms with van der Waals surface area (Å²) in [5, 5.41) is 10.3. The van der Waals surface area contributed by atoms with Gasteiger partial charge in [0.2, 0.25) is 5.91 Å². The third-order valence-corrected chi connectivity index (χ3v) is 6.46. The van der Waals surface area contributed by atoms with Gasteiger partial charge in [0.25, 0.3) is 0 Å². The number of rotatable bonds is 4. The molecule has 0 unspecified atom stereocenters. The number of hydrogen-bond acceptors (Lipinski definition) is 6. The average Bonchev–Trinajstić information content (AvgIpc) is 3.20. The molecular formula is C25H24N2O6. The molecule has 33 heavy (non-hydrogen) atoms. The molecule has 3 aromatic rings. The fourth-order valence-corrected chi connectivity index (χ4v) is 4.80. The molecule has 0 spiro atoms. The molecule has 2 saturated heterocycles. The Kier molecular flexibility index (Phi) is 5.50. The van der Waals surface area contributed by atoms with Gasteiger partial charge in [-0.2, -0.15) is 0 Å². The first-order chi connectivity index (χ1) is 16.0. The lowest BCUT2D eigenvalue weighted by atomic mass is 9.98. The van der Waals surface area contributed by atoms with Crippen LogP contribution in [0.1, 0.15) is 30.0 Å². The van der Waals surface area contributed by atoms with Gasteiger partial charge in [-0.25, -0.2) is 9.59 Å². The van der Waals surface area contributed by atoms with Crippen LogP contribution in [-0.4, -0.2) is 52.6 Å². The number of cyclic esters (lactones) is 1. The van der Waals surface area contributed by atoms with Crippen molar-refractivity contribution in [2.24, 2.45) is 0 Å². The minimum atomic E-state index is -0.561. The number of nitrogens with zero attached hydrogens (tertiary/aromatic N) is 2. The number of phenolic OH excluding ortho intramolecular Hbond substituents is 1. The number of carbonyl (C=O) groups excluding carboxylic acids is 2. The van der Waals surface area contributed by atoms with Crippen LogP contribution in [0.4, 0.5) is 4.79 Å². The van der Waals surface area contributed by atoms with Crippen molar-refractivity contribution in [2.45, 2.75) is 31.3 Å². The van der Waals surface area contributed by atoms with Gasteiger partial charge in [-0.05, 0) is 36.1 Å². The molecule has 2 aromatic carbocycles. The summed E-state index contributed by atoms with van der Waals surface area (Å²) in [5.41, 5.74) is 1.31. The van der Waals surface area contributed by atoms with Crippen molar-refractivity contribution in [2.75, 3.05) is 19.7 Å². The normalized spacial score (nSPS) is 19.2. The maximum absolute atomic E-state index is 13.0. The smallest absolute Gasteiger partial charge is 0.410 e. The summed E-state index contributed by atoms with van der Waals surface area (Å²) in [6.45, 7) is 1.38. The Morgan fingerprint density at radius 3 is 2.55 bits per heavy atom. The van der Waals surface area contributed by atoms with E-state index >= 15 is 0 Å². The largest absolute Gasteiger partial charge is 0.508 e. The van der Waals surface area contributed by atoms with Gasteiger partial charge in [-0.1, -0.05) is 30.3 Å². The number of phenols is 1. The van der Waals surface area contributed by atoms with Crippen molar-refractivity contribution in [3.05, 3.63) is 76.1 Å². The van der Waals surface area contributed by atoms with E-state index in [0.717, 1.165) is 5.56 Å². The summed E-state index contributed by atoms with van der Waals surface area (Å²) in [7, 11) is 0. The van der Waals surface area contributed by atoms with Crippen LogP contribution in [0.3, 0.4) is 0 Å². The zero-order valence-corrected chi connectivity index (χ0v) is 18.0. The maximum Gasteiger partial charge on any atom is 0.410 e. The molecule has 2 aliphatic rings. The van der Waals surface area contributed by atoms with Gasteiger partial charge in [0.1, 0.15) is 17.9 Å². The number of piperidine rings is 1. The molecule has 2 fully saturated rings. The van der Waals surface area contributed by atoms with Gasteiger partial charge < -0.3 is 19.2 Å². The second-order valence-corrected chi connectivity index (χ2v) is 8.47. The number of benzene rings is 2. The van der Waals surface area contributed by atoms with E-state index in [1.165, 1.54) is 18.2 Å². The van der Waals surface area contributed by atoms with E-state index in [9.17, 15) is 19.5 Å². The SMILES string of the molecule is O=C(Cc1cc(=O)oc2cc(O)ccc12)N1CCC(N2C(=O)OC[C@H]2c2ccccc2)CC1. The van der Waals surface area contributed by atoms with Crippen LogP contribution in [0.2, 0.25) is 0 Å². The number of aromatic hydroxyl groups is 1. The average molecular weight is 448 g/mol. The summed E-state index contributed by atoms with van der Waals surface area (Å²) in [6.07, 6.45) is 1.08. The van der Waals surface area contributed by atoms with Crippen LogP contribution in [0, 0.1) is 0 Å². The van der Waals surface area contributed by atoms with Gasteiger partial charge in [0, 0.05) is 36.7 Å². The molecule has 1 aromatic heterocycles. The Balaban J connectivity index is 1.27. The number of amides is 2. The van der Waals surface area contributed by atoms with Gasteiger partial charge >= 0.3 is 11.7 Å². The van der Waals surface area contributed by atoms with Crippen LogP contribution in [0.25, 0.3) is 11.0 Å². The summed E-state index contributed by atoms with van der Waals surface area (Å²) in [5.74, 6) is -0.0949. The Morgan fingerprint density at radius 2 is 1.79 bits per heavy atom. The van der Waals surface area contributed by atoms with Gasteiger partial charge in [-0.15, -0.1) is 0 Å². The van der Waals surface area contributed by atoms with E-state index in [4.69, 9.17) is 9.15 Å². The van der Waals surface area contributed by atoms with Crippen LogP contribution in [0.15, 0.2) is 63.8 Å². The van der Waals surface area contributed by atoms with Crippen molar-refractivity contribution in [3.63, 3.8) is 0 Å². The second kappa shape index (κ2) is 8.61. The van der Waals surface area contributed by atoms with E-state index in [-0.39, 0.29) is 41.8 Å². The van der Waals surface area contributed by atoms with Crippen molar-refractivity contribution < 1.29 is 23.8 Å². The second-order valence-electron chi connectivity index (χ2n) is 8.47. The van der Waals surface area contributed by atoms with Crippen LogP contribution in [0.5, 0.6) is 5.75 Å². The van der Waals surface area contributed by atoms with Crippen molar-refractivity contribution in [1.29, 1.82) is 0 Å². The summed E-state index contributed by atoms with van der Waals surface area (Å²) < 4.78 is 10.5. The predicted molar refractivity (Wildman–Crippen MR) is 120 cm³/mol. The third-order valence-electron chi connectivity index (χ3n) is 6.46. The first-order valence-electron chi connectivity index (χ1n) is 11.0. The third kappa shape index (κ3) is 4.16. The Bertz CT molecular complexity index is 1250. The summed E-state index contributed by atoms with van der Waals surface area (Å²) in [6, 6.07) is 15.6. The molecule has 0 saturated carbocycles. The highest BCUT2D eigenvalue weighted by atomic mass is 16.6. The fourth-order valence-electron chi connectivity index (χ4n) is 4.80. The highest BCUT2D eigenvalue weighted by molar-refractivity contribution is 5.87. The minimum Gasteiger partial charge on any atom is -0.508 e. The summed E-state index contributed by atoms with van der Waals surface area (Å²) in [4.78, 5) is 41.0. The fraction of sp³-hybridized carbons (Fsp3) is 0.320. The highest BCUT2D eigenvalue weighted by Gasteiger charge is 2.40. The first-order valence-corrected chi connectivity index (χ1v) is 11.0. The molecular weight excluding hydrogens is 424 g/mol. The molecule has 8 nitrogen and oxygen atoms in total. The number of hydrogen-bond donors (Lipinski definition) is 1. The molecule has 170 valence electrons. The molecule has 0 bridgehead atoms. The van der Waals surface area contributed by atoms with E-state index in [2.05, 4.69) is 0 Å². The highest BCUT2D eigenvalue weighted by Crippen LogP contribution is 2.33. The molecule has 5 rings (SSSR count).